The summed E-state index contributed by atoms with van der Waals surface area (Å²) in [6.07, 6.45) is 11.1. The van der Waals surface area contributed by atoms with Crippen molar-refractivity contribution in [2.45, 2.75) is 77.3 Å². The van der Waals surface area contributed by atoms with Gasteiger partial charge in [0.05, 0.1) is 0 Å². The molecule has 2 aliphatic rings. The van der Waals surface area contributed by atoms with Crippen LogP contribution in [0.4, 0.5) is 0 Å². The topological polar surface area (TPSA) is 34.0 Å². The molecule has 0 spiro atoms. The minimum atomic E-state index is 0.281. The molecule has 0 atom stereocenters. The second-order valence-corrected chi connectivity index (χ2v) is 6.60. The maximum atomic E-state index is 13.0. The summed E-state index contributed by atoms with van der Waals surface area (Å²) in [4.78, 5) is 13.0. The number of fused-ring (bicyclic) bond motifs is 1. The normalized spacial score (nSPS) is 19.5. The second kappa shape index (κ2) is 6.78. The number of aryl methyl sites for hydroxylation is 1. The Labute approximate surface area is 127 Å². The number of hydrogen-bond acceptors (Lipinski definition) is 2. The Morgan fingerprint density at radius 2 is 1.90 bits per heavy atom. The van der Waals surface area contributed by atoms with Crippen LogP contribution in [0, 0.1) is 0 Å². The number of nitrogens with one attached hydrogen (secondary N) is 1. The minimum absolute atomic E-state index is 0.281. The van der Waals surface area contributed by atoms with E-state index in [1.165, 1.54) is 56.2 Å². The fourth-order valence-corrected chi connectivity index (χ4v) is 4.00. The van der Waals surface area contributed by atoms with Crippen molar-refractivity contribution in [1.82, 2.24) is 9.88 Å². The van der Waals surface area contributed by atoms with Crippen molar-refractivity contribution >= 4 is 0 Å². The van der Waals surface area contributed by atoms with E-state index in [9.17, 15) is 4.79 Å². The fourth-order valence-electron chi connectivity index (χ4n) is 4.00. The van der Waals surface area contributed by atoms with Crippen molar-refractivity contribution in [3.8, 4) is 0 Å². The third kappa shape index (κ3) is 3.08. The van der Waals surface area contributed by atoms with Crippen molar-refractivity contribution in [1.29, 1.82) is 0 Å². The third-order valence-corrected chi connectivity index (χ3v) is 5.12. The molecule has 1 aromatic rings. The lowest BCUT2D eigenvalue weighted by atomic mass is 9.90. The number of aromatic nitrogens is 1. The quantitative estimate of drug-likeness (QED) is 0.922. The molecule has 0 aliphatic heterocycles. The number of nitrogens with zero attached hydrogens (tertiary/aromatic N) is 1. The van der Waals surface area contributed by atoms with Gasteiger partial charge in [-0.15, -0.1) is 0 Å². The zero-order valence-corrected chi connectivity index (χ0v) is 13.3. The highest BCUT2D eigenvalue weighted by molar-refractivity contribution is 5.29. The molecule has 0 aromatic carbocycles. The molecule has 0 saturated heterocycles. The first-order valence-electron chi connectivity index (χ1n) is 8.78. The second-order valence-electron chi connectivity index (χ2n) is 6.60. The van der Waals surface area contributed by atoms with Gasteiger partial charge in [-0.2, -0.15) is 0 Å². The van der Waals surface area contributed by atoms with E-state index < -0.39 is 0 Å². The number of rotatable bonds is 4. The molecule has 0 radical (unpaired) electrons. The fraction of sp³-hybridized carbons (Fsp3) is 0.722. The van der Waals surface area contributed by atoms with Gasteiger partial charge < -0.3 is 9.88 Å². The molecule has 21 heavy (non-hydrogen) atoms. The third-order valence-electron chi connectivity index (χ3n) is 5.12. The Balaban J connectivity index is 2.03. The van der Waals surface area contributed by atoms with E-state index in [4.69, 9.17) is 0 Å². The largest absolute Gasteiger partial charge is 0.313 e. The van der Waals surface area contributed by atoms with Crippen molar-refractivity contribution in [3.05, 3.63) is 33.2 Å². The predicted octanol–water partition coefficient (Wildman–Crippen LogP) is 3.34. The molecule has 0 amide bonds. The lowest BCUT2D eigenvalue weighted by Crippen LogP contribution is -2.35. The summed E-state index contributed by atoms with van der Waals surface area (Å²) in [5.74, 6) is 0. The van der Waals surface area contributed by atoms with Gasteiger partial charge in [-0.3, -0.25) is 4.79 Å². The summed E-state index contributed by atoms with van der Waals surface area (Å²) in [6.45, 7) is 3.73. The Kier molecular flexibility index (Phi) is 4.79. The van der Waals surface area contributed by atoms with Gasteiger partial charge in [0, 0.05) is 23.8 Å². The van der Waals surface area contributed by atoms with Crippen molar-refractivity contribution in [2.24, 2.45) is 0 Å². The molecule has 0 unspecified atom stereocenters. The lowest BCUT2D eigenvalue weighted by Gasteiger charge is -2.30. The average Bonchev–Trinajstić information content (AvgIpc) is 2.54. The van der Waals surface area contributed by atoms with E-state index in [1.807, 2.05) is 0 Å². The molecule has 0 bridgehead atoms. The van der Waals surface area contributed by atoms with Crippen molar-refractivity contribution in [2.75, 3.05) is 6.54 Å². The molecule has 1 N–H and O–H groups in total. The molecular weight excluding hydrogens is 260 g/mol. The molecule has 116 valence electrons. The van der Waals surface area contributed by atoms with Gasteiger partial charge >= 0.3 is 0 Å². The van der Waals surface area contributed by atoms with Crippen LogP contribution in [-0.4, -0.2) is 11.1 Å². The lowest BCUT2D eigenvalue weighted by molar-refractivity contribution is 0.333. The van der Waals surface area contributed by atoms with Crippen LogP contribution in [0.5, 0.6) is 0 Å². The van der Waals surface area contributed by atoms with Crippen LogP contribution in [0.3, 0.4) is 0 Å². The Bertz CT molecular complexity index is 541. The van der Waals surface area contributed by atoms with E-state index in [-0.39, 0.29) is 5.56 Å². The Morgan fingerprint density at radius 1 is 1.14 bits per heavy atom. The van der Waals surface area contributed by atoms with Crippen molar-refractivity contribution in [3.63, 3.8) is 0 Å². The highest BCUT2D eigenvalue weighted by Crippen LogP contribution is 2.31. The van der Waals surface area contributed by atoms with Gasteiger partial charge in [0.2, 0.25) is 0 Å². The summed E-state index contributed by atoms with van der Waals surface area (Å²) < 4.78 is 2.21. The summed E-state index contributed by atoms with van der Waals surface area (Å²) in [5.41, 5.74) is 4.06. The van der Waals surface area contributed by atoms with Gasteiger partial charge in [-0.05, 0) is 56.7 Å². The molecule has 3 nitrogen and oxygen atoms in total. The van der Waals surface area contributed by atoms with Crippen LogP contribution in [0.15, 0.2) is 10.9 Å². The first kappa shape index (κ1) is 14.8. The Hall–Kier alpha value is -1.09. The van der Waals surface area contributed by atoms with Gasteiger partial charge in [-0.25, -0.2) is 0 Å². The average molecular weight is 288 g/mol. The number of pyridine rings is 1. The molecule has 1 heterocycles. The van der Waals surface area contributed by atoms with E-state index >= 15 is 0 Å². The summed E-state index contributed by atoms with van der Waals surface area (Å²) in [5, 5.41) is 3.33. The SMILES string of the molecule is CCNCc1cc2c(n(C3CCCCC3)c1=O)CCCC2. The van der Waals surface area contributed by atoms with Gasteiger partial charge in [0.15, 0.2) is 0 Å². The molecule has 1 aromatic heterocycles. The van der Waals surface area contributed by atoms with Crippen LogP contribution < -0.4 is 10.9 Å². The van der Waals surface area contributed by atoms with Crippen LogP contribution >= 0.6 is 0 Å². The zero-order valence-electron chi connectivity index (χ0n) is 13.3. The smallest absolute Gasteiger partial charge is 0.255 e. The van der Waals surface area contributed by atoms with E-state index in [2.05, 4.69) is 22.9 Å². The molecule has 3 rings (SSSR count). The van der Waals surface area contributed by atoms with E-state index in [0.717, 1.165) is 31.5 Å². The summed E-state index contributed by atoms with van der Waals surface area (Å²) >= 11 is 0. The van der Waals surface area contributed by atoms with Crippen LogP contribution in [0.1, 0.15) is 74.7 Å². The van der Waals surface area contributed by atoms with Crippen LogP contribution in [0.2, 0.25) is 0 Å². The monoisotopic (exact) mass is 288 g/mol. The molecule has 3 heteroatoms. The standard InChI is InChI=1S/C18H28N2O/c1-2-19-13-15-12-14-8-6-7-11-17(14)20(18(15)21)16-9-4-3-5-10-16/h12,16,19H,2-11,13H2,1H3. The zero-order chi connectivity index (χ0) is 14.7. The van der Waals surface area contributed by atoms with E-state index in [1.54, 1.807) is 0 Å². The maximum absolute atomic E-state index is 13.0. The molecule has 1 fully saturated rings. The summed E-state index contributed by atoms with van der Waals surface area (Å²) in [7, 11) is 0. The first-order valence-corrected chi connectivity index (χ1v) is 8.78. The molecular formula is C18H28N2O. The van der Waals surface area contributed by atoms with Gasteiger partial charge in [0.1, 0.15) is 0 Å². The first-order chi connectivity index (χ1) is 10.3. The van der Waals surface area contributed by atoms with Gasteiger partial charge in [0.25, 0.3) is 5.56 Å². The number of hydrogen-bond donors (Lipinski definition) is 1. The Morgan fingerprint density at radius 3 is 2.67 bits per heavy atom. The highest BCUT2D eigenvalue weighted by atomic mass is 16.1. The van der Waals surface area contributed by atoms with Gasteiger partial charge in [-0.1, -0.05) is 26.2 Å². The van der Waals surface area contributed by atoms with E-state index in [0.29, 0.717) is 6.04 Å². The minimum Gasteiger partial charge on any atom is -0.313 e. The molecule has 2 aliphatic carbocycles. The summed E-state index contributed by atoms with van der Waals surface area (Å²) in [6, 6.07) is 2.65. The van der Waals surface area contributed by atoms with Crippen LogP contribution in [-0.2, 0) is 19.4 Å². The predicted molar refractivity (Wildman–Crippen MR) is 86.8 cm³/mol. The maximum Gasteiger partial charge on any atom is 0.255 e. The highest BCUT2D eigenvalue weighted by Gasteiger charge is 2.24. The molecule has 1 saturated carbocycles. The van der Waals surface area contributed by atoms with Crippen molar-refractivity contribution < 1.29 is 0 Å². The van der Waals surface area contributed by atoms with Crippen LogP contribution in [0.25, 0.3) is 0 Å².